The topological polar surface area (TPSA) is 36.4 Å². The molecule has 4 heteroatoms. The van der Waals surface area contributed by atoms with E-state index >= 15 is 0 Å². The van der Waals surface area contributed by atoms with Crippen molar-refractivity contribution >= 4 is 17.4 Å². The monoisotopic (exact) mass is 311 g/mol. The number of anilines is 2. The van der Waals surface area contributed by atoms with E-state index in [1.54, 1.807) is 17.2 Å². The Morgan fingerprint density at radius 3 is 2.52 bits per heavy atom. The number of pyridine rings is 1. The zero-order valence-electron chi connectivity index (χ0n) is 14.2. The van der Waals surface area contributed by atoms with Gasteiger partial charge in [-0.25, -0.2) is 4.98 Å². The predicted molar refractivity (Wildman–Crippen MR) is 96.2 cm³/mol. The van der Waals surface area contributed by atoms with Gasteiger partial charge in [-0.1, -0.05) is 31.5 Å². The quantitative estimate of drug-likeness (QED) is 0.776. The van der Waals surface area contributed by atoms with Gasteiger partial charge in [0.15, 0.2) is 0 Å². The van der Waals surface area contributed by atoms with Crippen LogP contribution in [0.4, 0.5) is 11.5 Å². The first-order chi connectivity index (χ1) is 11.2. The summed E-state index contributed by atoms with van der Waals surface area (Å²) in [6.07, 6.45) is 3.96. The van der Waals surface area contributed by atoms with E-state index in [-0.39, 0.29) is 5.91 Å². The molecule has 0 aliphatic heterocycles. The van der Waals surface area contributed by atoms with Gasteiger partial charge in [0.25, 0.3) is 5.91 Å². The summed E-state index contributed by atoms with van der Waals surface area (Å²) in [6, 6.07) is 13.4. The molecule has 1 aromatic carbocycles. The van der Waals surface area contributed by atoms with Gasteiger partial charge in [-0.2, -0.15) is 0 Å². The summed E-state index contributed by atoms with van der Waals surface area (Å²) in [6.45, 7) is 5.73. The fraction of sp³-hybridized carbons (Fsp3) is 0.368. The number of hydrogen-bond donors (Lipinski definition) is 0. The Morgan fingerprint density at radius 1 is 1.13 bits per heavy atom. The Labute approximate surface area is 138 Å². The smallest absolute Gasteiger partial charge is 0.258 e. The van der Waals surface area contributed by atoms with Crippen LogP contribution in [0, 0.1) is 0 Å². The van der Waals surface area contributed by atoms with Crippen LogP contribution in [-0.4, -0.2) is 31.0 Å². The highest BCUT2D eigenvalue weighted by atomic mass is 16.2. The minimum atomic E-state index is 0.00578. The van der Waals surface area contributed by atoms with Gasteiger partial charge in [-0.15, -0.1) is 0 Å². The standard InChI is InChI=1S/C19H25N3O/c1-4-6-14-21(3)18-15-16(12-13-20-18)19(23)22(5-2)17-10-8-7-9-11-17/h7-13,15H,4-6,14H2,1-3H3. The number of carbonyl (C=O) groups excluding carboxylic acids is 1. The van der Waals surface area contributed by atoms with E-state index in [1.807, 2.05) is 50.4 Å². The fourth-order valence-electron chi connectivity index (χ4n) is 2.48. The van der Waals surface area contributed by atoms with Crippen molar-refractivity contribution in [2.45, 2.75) is 26.7 Å². The summed E-state index contributed by atoms with van der Waals surface area (Å²) in [5.74, 6) is 0.847. The molecule has 0 unspecified atom stereocenters. The van der Waals surface area contributed by atoms with Crippen LogP contribution in [0.15, 0.2) is 48.7 Å². The van der Waals surface area contributed by atoms with Gasteiger partial charge in [0.1, 0.15) is 5.82 Å². The van der Waals surface area contributed by atoms with Crippen molar-refractivity contribution < 1.29 is 4.79 Å². The minimum Gasteiger partial charge on any atom is -0.360 e. The summed E-state index contributed by atoms with van der Waals surface area (Å²) in [7, 11) is 2.01. The highest BCUT2D eigenvalue weighted by Gasteiger charge is 2.17. The minimum absolute atomic E-state index is 0.00578. The molecule has 0 saturated heterocycles. The molecule has 0 aliphatic carbocycles. The van der Waals surface area contributed by atoms with Gasteiger partial charge in [0.05, 0.1) is 0 Å². The molecule has 0 N–H and O–H groups in total. The van der Waals surface area contributed by atoms with Crippen molar-refractivity contribution in [3.8, 4) is 0 Å². The number of rotatable bonds is 7. The number of carbonyl (C=O) groups is 1. The average Bonchev–Trinajstić information content (AvgIpc) is 2.61. The van der Waals surface area contributed by atoms with Crippen LogP contribution in [0.2, 0.25) is 0 Å². The van der Waals surface area contributed by atoms with E-state index < -0.39 is 0 Å². The number of hydrogen-bond acceptors (Lipinski definition) is 3. The molecule has 0 aliphatic rings. The van der Waals surface area contributed by atoms with Crippen molar-refractivity contribution in [1.29, 1.82) is 0 Å². The number of unbranched alkanes of at least 4 members (excludes halogenated alkanes) is 1. The number of benzene rings is 1. The van der Waals surface area contributed by atoms with Gasteiger partial charge < -0.3 is 9.80 Å². The van der Waals surface area contributed by atoms with Crippen LogP contribution in [0.3, 0.4) is 0 Å². The van der Waals surface area contributed by atoms with E-state index in [0.717, 1.165) is 30.9 Å². The average molecular weight is 311 g/mol. The molecule has 23 heavy (non-hydrogen) atoms. The molecular weight excluding hydrogens is 286 g/mol. The molecule has 0 atom stereocenters. The van der Waals surface area contributed by atoms with E-state index in [9.17, 15) is 4.79 Å². The molecule has 1 amide bonds. The molecule has 122 valence electrons. The van der Waals surface area contributed by atoms with Gasteiger partial charge in [0, 0.05) is 37.6 Å². The first-order valence-electron chi connectivity index (χ1n) is 8.21. The Bertz CT molecular complexity index is 628. The summed E-state index contributed by atoms with van der Waals surface area (Å²) in [5, 5.41) is 0. The molecule has 2 rings (SSSR count). The summed E-state index contributed by atoms with van der Waals surface area (Å²) < 4.78 is 0. The van der Waals surface area contributed by atoms with Crippen molar-refractivity contribution in [1.82, 2.24) is 4.98 Å². The lowest BCUT2D eigenvalue weighted by Crippen LogP contribution is -2.31. The van der Waals surface area contributed by atoms with Crippen molar-refractivity contribution in [2.75, 3.05) is 29.9 Å². The zero-order valence-corrected chi connectivity index (χ0v) is 14.2. The molecule has 0 fully saturated rings. The normalized spacial score (nSPS) is 10.4. The van der Waals surface area contributed by atoms with Crippen LogP contribution in [-0.2, 0) is 0 Å². The van der Waals surface area contributed by atoms with Crippen molar-refractivity contribution in [3.63, 3.8) is 0 Å². The van der Waals surface area contributed by atoms with Crippen LogP contribution in [0.25, 0.3) is 0 Å². The molecule has 0 bridgehead atoms. The Balaban J connectivity index is 2.21. The molecule has 4 nitrogen and oxygen atoms in total. The predicted octanol–water partition coefficient (Wildman–Crippen LogP) is 3.98. The maximum absolute atomic E-state index is 12.8. The lowest BCUT2D eigenvalue weighted by atomic mass is 10.2. The molecular formula is C19H25N3O. The van der Waals surface area contributed by atoms with Crippen LogP contribution in [0.5, 0.6) is 0 Å². The molecule has 0 radical (unpaired) electrons. The second-order valence-corrected chi connectivity index (χ2v) is 5.56. The van der Waals surface area contributed by atoms with Crippen LogP contribution < -0.4 is 9.80 Å². The first kappa shape index (κ1) is 17.0. The summed E-state index contributed by atoms with van der Waals surface area (Å²) in [4.78, 5) is 21.1. The number of nitrogens with zero attached hydrogens (tertiary/aromatic N) is 3. The van der Waals surface area contributed by atoms with Crippen molar-refractivity contribution in [2.24, 2.45) is 0 Å². The zero-order chi connectivity index (χ0) is 16.7. The number of amides is 1. The molecule has 1 heterocycles. The maximum atomic E-state index is 12.8. The van der Waals surface area contributed by atoms with Gasteiger partial charge >= 0.3 is 0 Å². The lowest BCUT2D eigenvalue weighted by Gasteiger charge is -2.22. The van der Waals surface area contributed by atoms with Gasteiger partial charge in [-0.3, -0.25) is 4.79 Å². The fourth-order valence-corrected chi connectivity index (χ4v) is 2.48. The van der Waals surface area contributed by atoms with Crippen LogP contribution >= 0.6 is 0 Å². The lowest BCUT2D eigenvalue weighted by molar-refractivity contribution is 0.0988. The first-order valence-corrected chi connectivity index (χ1v) is 8.21. The largest absolute Gasteiger partial charge is 0.360 e. The molecule has 2 aromatic rings. The number of para-hydroxylation sites is 1. The summed E-state index contributed by atoms with van der Waals surface area (Å²) >= 11 is 0. The molecule has 1 aromatic heterocycles. The van der Waals surface area contributed by atoms with Crippen molar-refractivity contribution in [3.05, 3.63) is 54.2 Å². The SMILES string of the molecule is CCCCN(C)c1cc(C(=O)N(CC)c2ccccc2)ccn1. The van der Waals surface area contributed by atoms with E-state index in [0.29, 0.717) is 12.1 Å². The molecule has 0 spiro atoms. The second-order valence-electron chi connectivity index (χ2n) is 5.56. The highest BCUT2D eigenvalue weighted by Crippen LogP contribution is 2.19. The Kier molecular flexibility index (Phi) is 6.15. The van der Waals surface area contributed by atoms with Gasteiger partial charge in [-0.05, 0) is 37.6 Å². The Morgan fingerprint density at radius 2 is 1.87 bits per heavy atom. The van der Waals surface area contributed by atoms with E-state index in [2.05, 4.69) is 16.8 Å². The Hall–Kier alpha value is -2.36. The third-order valence-corrected chi connectivity index (χ3v) is 3.86. The second kappa shape index (κ2) is 8.32. The van der Waals surface area contributed by atoms with Gasteiger partial charge in [0.2, 0.25) is 0 Å². The van der Waals surface area contributed by atoms with E-state index in [4.69, 9.17) is 0 Å². The van der Waals surface area contributed by atoms with Crippen LogP contribution in [0.1, 0.15) is 37.0 Å². The maximum Gasteiger partial charge on any atom is 0.258 e. The summed E-state index contributed by atoms with van der Waals surface area (Å²) in [5.41, 5.74) is 1.58. The third kappa shape index (κ3) is 4.31. The van der Waals surface area contributed by atoms with E-state index in [1.165, 1.54) is 0 Å². The number of aromatic nitrogens is 1. The third-order valence-electron chi connectivity index (χ3n) is 3.86. The molecule has 0 saturated carbocycles. The highest BCUT2D eigenvalue weighted by molar-refractivity contribution is 6.06.